The van der Waals surface area contributed by atoms with Crippen molar-refractivity contribution in [2.75, 3.05) is 7.11 Å². The normalized spacial score (nSPS) is 12.2. The summed E-state index contributed by atoms with van der Waals surface area (Å²) in [5.41, 5.74) is 5.47. The fourth-order valence-corrected chi connectivity index (χ4v) is 5.01. The van der Waals surface area contributed by atoms with Gasteiger partial charge >= 0.3 is 5.97 Å². The molecule has 4 aromatic rings. The third-order valence-corrected chi connectivity index (χ3v) is 6.67. The summed E-state index contributed by atoms with van der Waals surface area (Å²) < 4.78 is 12.0. The Morgan fingerprint density at radius 3 is 2.58 bits per heavy atom. The number of carbonyl (C=O) groups excluding carboxylic acids is 2. The van der Waals surface area contributed by atoms with Crippen LogP contribution in [-0.4, -0.2) is 23.6 Å². The summed E-state index contributed by atoms with van der Waals surface area (Å²) in [5, 5.41) is 10.0. The summed E-state index contributed by atoms with van der Waals surface area (Å²) in [7, 11) is 1.28. The van der Waals surface area contributed by atoms with Crippen LogP contribution < -0.4 is 20.5 Å². The number of carbonyl (C=O) groups is 2. The third-order valence-electron chi connectivity index (χ3n) is 5.04. The van der Waals surface area contributed by atoms with Crippen LogP contribution in [0.2, 0.25) is 10.0 Å². The van der Waals surface area contributed by atoms with Crippen molar-refractivity contribution < 1.29 is 18.7 Å². The number of thiazole rings is 1. The predicted molar refractivity (Wildman–Crippen MR) is 136 cm³/mol. The molecule has 0 aliphatic carbocycles. The molecule has 0 aliphatic rings. The van der Waals surface area contributed by atoms with Crippen molar-refractivity contribution in [2.45, 2.75) is 0 Å². The lowest BCUT2D eigenvalue weighted by molar-refractivity contribution is -0.112. The fraction of sp³-hybridized carbons (Fsp3) is 0.0400. The quantitative estimate of drug-likeness (QED) is 0.387. The molecule has 2 aromatic heterocycles. The topological polar surface area (TPSA) is 128 Å². The van der Waals surface area contributed by atoms with Crippen LogP contribution in [0.5, 0.6) is 0 Å². The number of hydrogen-bond donors (Lipinski definition) is 1. The van der Waals surface area contributed by atoms with Crippen molar-refractivity contribution >= 4 is 58.1 Å². The van der Waals surface area contributed by atoms with Crippen LogP contribution in [0, 0.1) is 11.3 Å². The van der Waals surface area contributed by atoms with Gasteiger partial charge < -0.3 is 14.9 Å². The molecule has 0 fully saturated rings. The van der Waals surface area contributed by atoms with E-state index < -0.39 is 23.0 Å². The molecule has 0 atom stereocenters. The summed E-state index contributed by atoms with van der Waals surface area (Å²) in [6, 6.07) is 16.2. The summed E-state index contributed by atoms with van der Waals surface area (Å²) in [4.78, 5) is 37.5. The molecule has 180 valence electrons. The first-order valence-electron chi connectivity index (χ1n) is 10.2. The van der Waals surface area contributed by atoms with E-state index in [9.17, 15) is 19.6 Å². The number of nitrogens with two attached hydrogens (primary N) is 1. The van der Waals surface area contributed by atoms with Crippen molar-refractivity contribution in [2.24, 2.45) is 5.73 Å². The van der Waals surface area contributed by atoms with Gasteiger partial charge in [0.05, 0.1) is 27.9 Å². The molecule has 0 spiro atoms. The van der Waals surface area contributed by atoms with E-state index in [1.165, 1.54) is 31.4 Å². The van der Waals surface area contributed by atoms with E-state index in [4.69, 9.17) is 38.1 Å². The maximum absolute atomic E-state index is 13.4. The van der Waals surface area contributed by atoms with Crippen molar-refractivity contribution in [1.82, 2.24) is 4.57 Å². The zero-order valence-corrected chi connectivity index (χ0v) is 20.8. The van der Waals surface area contributed by atoms with E-state index in [2.05, 4.69) is 0 Å². The Labute approximate surface area is 217 Å². The molecule has 11 heteroatoms. The number of ether oxygens (including phenoxy) is 1. The standard InChI is InChI=1S/C25H15Cl2N3O5S/c1-34-25(33)16-5-3-2-4-15(16)20-9-7-14(35-20)11-21-23(32)30(19-8-6-13(26)10-18(19)27)24(36-21)17(12-28)22(29)31/h2-11H,1H3,(H2,29,31)/b21-11+,24-17+. The Morgan fingerprint density at radius 1 is 1.17 bits per heavy atom. The van der Waals surface area contributed by atoms with Gasteiger partial charge in [0.2, 0.25) is 0 Å². The van der Waals surface area contributed by atoms with Crippen LogP contribution in [0.4, 0.5) is 0 Å². The highest BCUT2D eigenvalue weighted by Crippen LogP contribution is 2.27. The monoisotopic (exact) mass is 539 g/mol. The largest absolute Gasteiger partial charge is 0.465 e. The molecule has 4 rings (SSSR count). The first kappa shape index (κ1) is 25.0. The number of amides is 1. The molecule has 0 unspecified atom stereocenters. The van der Waals surface area contributed by atoms with Gasteiger partial charge in [0.15, 0.2) is 5.57 Å². The number of furan rings is 1. The van der Waals surface area contributed by atoms with E-state index in [-0.39, 0.29) is 19.9 Å². The number of rotatable bonds is 5. The molecule has 0 bridgehead atoms. The second-order valence-electron chi connectivity index (χ2n) is 7.24. The molecular formula is C25H15Cl2N3O5S. The van der Waals surface area contributed by atoms with Gasteiger partial charge in [-0.2, -0.15) is 5.26 Å². The van der Waals surface area contributed by atoms with Crippen molar-refractivity contribution in [3.8, 4) is 23.1 Å². The zero-order chi connectivity index (χ0) is 26.0. The minimum Gasteiger partial charge on any atom is -0.465 e. The van der Waals surface area contributed by atoms with Crippen molar-refractivity contribution in [1.29, 1.82) is 5.26 Å². The Kier molecular flexibility index (Phi) is 7.12. The van der Waals surface area contributed by atoms with Gasteiger partial charge in [0, 0.05) is 16.7 Å². The number of hydrogen-bond acceptors (Lipinski definition) is 7. The Hall–Kier alpha value is -4.10. The van der Waals surface area contributed by atoms with Crippen LogP contribution in [0.3, 0.4) is 0 Å². The van der Waals surface area contributed by atoms with E-state index >= 15 is 0 Å². The fourth-order valence-electron chi connectivity index (χ4n) is 3.43. The van der Waals surface area contributed by atoms with E-state index in [0.717, 1.165) is 15.9 Å². The molecule has 0 saturated carbocycles. The van der Waals surface area contributed by atoms with Crippen LogP contribution >= 0.6 is 34.5 Å². The predicted octanol–water partition coefficient (Wildman–Crippen LogP) is 3.24. The average molecular weight is 540 g/mol. The van der Waals surface area contributed by atoms with Crippen LogP contribution in [-0.2, 0) is 9.53 Å². The van der Waals surface area contributed by atoms with E-state index in [1.807, 2.05) is 0 Å². The number of benzene rings is 2. The van der Waals surface area contributed by atoms with E-state index in [1.54, 1.807) is 42.5 Å². The number of primary amides is 1. The van der Waals surface area contributed by atoms with Crippen LogP contribution in [0.15, 0.2) is 63.8 Å². The van der Waals surface area contributed by atoms with Gasteiger partial charge in [-0.05, 0) is 36.4 Å². The third kappa shape index (κ3) is 4.70. The zero-order valence-electron chi connectivity index (χ0n) is 18.5. The van der Waals surface area contributed by atoms with E-state index in [0.29, 0.717) is 27.7 Å². The highest BCUT2D eigenvalue weighted by Gasteiger charge is 2.18. The number of esters is 1. The summed E-state index contributed by atoms with van der Waals surface area (Å²) in [6.45, 7) is 0. The minimum absolute atomic E-state index is 0.00767. The smallest absolute Gasteiger partial charge is 0.338 e. The number of aromatic nitrogens is 1. The van der Waals surface area contributed by atoms with Gasteiger partial charge in [-0.15, -0.1) is 11.3 Å². The molecule has 0 saturated heterocycles. The highest BCUT2D eigenvalue weighted by molar-refractivity contribution is 7.07. The molecule has 0 radical (unpaired) electrons. The molecule has 2 N–H and O–H groups in total. The van der Waals surface area contributed by atoms with Gasteiger partial charge in [-0.1, -0.05) is 41.4 Å². The lowest BCUT2D eigenvalue weighted by Crippen LogP contribution is -2.32. The molecule has 2 heterocycles. The summed E-state index contributed by atoms with van der Waals surface area (Å²) in [6.07, 6.45) is 1.46. The SMILES string of the molecule is COC(=O)c1ccccc1-c1ccc(/C=c2/s/c(=C(\C#N)C(N)=O)n(-c3ccc(Cl)cc3Cl)c2=O)o1. The maximum Gasteiger partial charge on any atom is 0.338 e. The molecular weight excluding hydrogens is 525 g/mol. The number of halogens is 2. The van der Waals surface area contributed by atoms with Crippen LogP contribution in [0.1, 0.15) is 16.1 Å². The molecule has 8 nitrogen and oxygen atoms in total. The molecule has 2 aromatic carbocycles. The molecule has 0 aliphatic heterocycles. The molecule has 1 amide bonds. The van der Waals surface area contributed by atoms with Crippen molar-refractivity contribution in [3.63, 3.8) is 0 Å². The number of nitriles is 1. The van der Waals surface area contributed by atoms with Crippen molar-refractivity contribution in [3.05, 3.63) is 95.5 Å². The lowest BCUT2D eigenvalue weighted by Gasteiger charge is -2.06. The first-order chi connectivity index (χ1) is 17.2. The average Bonchev–Trinajstić information content (AvgIpc) is 3.44. The van der Waals surface area contributed by atoms with Gasteiger partial charge in [0.25, 0.3) is 11.5 Å². The minimum atomic E-state index is -0.996. The summed E-state index contributed by atoms with van der Waals surface area (Å²) >= 11 is 13.2. The second-order valence-corrected chi connectivity index (χ2v) is 9.12. The van der Waals surface area contributed by atoms with Gasteiger partial charge in [-0.3, -0.25) is 14.2 Å². The Morgan fingerprint density at radius 2 is 1.92 bits per heavy atom. The lowest BCUT2D eigenvalue weighted by atomic mass is 10.1. The molecule has 36 heavy (non-hydrogen) atoms. The number of nitrogens with zero attached hydrogens (tertiary/aromatic N) is 2. The first-order valence-corrected chi connectivity index (χ1v) is 11.7. The number of methoxy groups -OCH3 is 1. The Balaban J connectivity index is 1.94. The van der Waals surface area contributed by atoms with Gasteiger partial charge in [0.1, 0.15) is 22.3 Å². The van der Waals surface area contributed by atoms with Gasteiger partial charge in [-0.25, -0.2) is 4.79 Å². The van der Waals surface area contributed by atoms with Crippen LogP contribution in [0.25, 0.3) is 28.7 Å². The highest BCUT2D eigenvalue weighted by atomic mass is 35.5. The maximum atomic E-state index is 13.4. The second kappa shape index (κ2) is 10.3. The summed E-state index contributed by atoms with van der Waals surface area (Å²) in [5.74, 6) is -0.851. The Bertz CT molecular complexity index is 1740.